The molecule has 0 aliphatic carbocycles. The molecule has 2 N–H and O–H groups in total. The maximum Gasteiger partial charge on any atom is 0.241 e. The van der Waals surface area contributed by atoms with Crippen LogP contribution in [0.1, 0.15) is 11.6 Å². The standard InChI is InChI=1S/C10H11ClN2O/c11-8-3-1-7(2-4-8)9-10(14)13-6-5-12-9/h1-4,9,12H,5-6H2,(H,13,14)/t9-/m0/s1. The third-order valence-electron chi connectivity index (χ3n) is 2.24. The smallest absolute Gasteiger partial charge is 0.241 e. The first kappa shape index (κ1) is 9.49. The zero-order valence-electron chi connectivity index (χ0n) is 7.59. The van der Waals surface area contributed by atoms with E-state index < -0.39 is 0 Å². The SMILES string of the molecule is O=C1NCCN[C@H]1c1ccc(Cl)cc1. The zero-order valence-corrected chi connectivity index (χ0v) is 8.34. The van der Waals surface area contributed by atoms with Gasteiger partial charge in [-0.15, -0.1) is 0 Å². The molecule has 0 unspecified atom stereocenters. The molecular formula is C10H11ClN2O. The van der Waals surface area contributed by atoms with Crippen molar-refractivity contribution in [3.63, 3.8) is 0 Å². The van der Waals surface area contributed by atoms with Crippen molar-refractivity contribution in [3.8, 4) is 0 Å². The number of nitrogens with one attached hydrogen (secondary N) is 2. The Morgan fingerprint density at radius 2 is 1.93 bits per heavy atom. The van der Waals surface area contributed by atoms with E-state index >= 15 is 0 Å². The Bertz CT molecular complexity index is 336. The van der Waals surface area contributed by atoms with Crippen LogP contribution in [0.4, 0.5) is 0 Å². The summed E-state index contributed by atoms with van der Waals surface area (Å²) in [6.45, 7) is 1.50. The number of carbonyl (C=O) groups is 1. The summed E-state index contributed by atoms with van der Waals surface area (Å²) in [4.78, 5) is 11.5. The zero-order chi connectivity index (χ0) is 9.97. The number of piperazine rings is 1. The van der Waals surface area contributed by atoms with Crippen molar-refractivity contribution in [3.05, 3.63) is 34.9 Å². The average Bonchev–Trinajstić information content (AvgIpc) is 2.20. The Labute approximate surface area is 87.4 Å². The summed E-state index contributed by atoms with van der Waals surface area (Å²) in [7, 11) is 0. The van der Waals surface area contributed by atoms with E-state index in [0.29, 0.717) is 11.6 Å². The molecule has 0 spiro atoms. The van der Waals surface area contributed by atoms with Gasteiger partial charge in [-0.3, -0.25) is 4.79 Å². The first-order valence-corrected chi connectivity index (χ1v) is 4.92. The first-order chi connectivity index (χ1) is 6.77. The molecule has 1 aliphatic rings. The third-order valence-corrected chi connectivity index (χ3v) is 2.49. The molecule has 0 bridgehead atoms. The summed E-state index contributed by atoms with van der Waals surface area (Å²) in [6, 6.07) is 7.08. The minimum atomic E-state index is -0.235. The number of amides is 1. The summed E-state index contributed by atoms with van der Waals surface area (Å²) in [6.07, 6.45) is 0. The fourth-order valence-corrected chi connectivity index (χ4v) is 1.65. The Morgan fingerprint density at radius 3 is 2.57 bits per heavy atom. The molecule has 0 radical (unpaired) electrons. The minimum absolute atomic E-state index is 0.0265. The molecule has 1 saturated heterocycles. The van der Waals surface area contributed by atoms with E-state index in [9.17, 15) is 4.79 Å². The van der Waals surface area contributed by atoms with Gasteiger partial charge in [0.05, 0.1) is 0 Å². The molecule has 1 amide bonds. The molecule has 0 saturated carbocycles. The summed E-state index contributed by atoms with van der Waals surface area (Å²) >= 11 is 5.77. The van der Waals surface area contributed by atoms with Gasteiger partial charge < -0.3 is 10.6 Å². The highest BCUT2D eigenvalue weighted by Crippen LogP contribution is 2.17. The predicted molar refractivity (Wildman–Crippen MR) is 55.2 cm³/mol. The summed E-state index contributed by atoms with van der Waals surface area (Å²) < 4.78 is 0. The van der Waals surface area contributed by atoms with Gasteiger partial charge in [-0.2, -0.15) is 0 Å². The minimum Gasteiger partial charge on any atom is -0.353 e. The van der Waals surface area contributed by atoms with Crippen LogP contribution in [0.5, 0.6) is 0 Å². The number of rotatable bonds is 1. The van der Waals surface area contributed by atoms with Crippen molar-refractivity contribution in [2.45, 2.75) is 6.04 Å². The second-order valence-electron chi connectivity index (χ2n) is 3.23. The molecule has 1 aliphatic heterocycles. The maximum atomic E-state index is 11.5. The van der Waals surface area contributed by atoms with Crippen molar-refractivity contribution in [2.24, 2.45) is 0 Å². The van der Waals surface area contributed by atoms with Crippen molar-refractivity contribution in [1.82, 2.24) is 10.6 Å². The van der Waals surface area contributed by atoms with Gasteiger partial charge in [0.25, 0.3) is 0 Å². The van der Waals surface area contributed by atoms with Crippen LogP contribution in [0.25, 0.3) is 0 Å². The van der Waals surface area contributed by atoms with Gasteiger partial charge in [-0.25, -0.2) is 0 Å². The fraction of sp³-hybridized carbons (Fsp3) is 0.300. The molecule has 14 heavy (non-hydrogen) atoms. The van der Waals surface area contributed by atoms with Crippen molar-refractivity contribution < 1.29 is 4.79 Å². The lowest BCUT2D eigenvalue weighted by atomic mass is 10.1. The average molecular weight is 211 g/mol. The van der Waals surface area contributed by atoms with Gasteiger partial charge in [0.15, 0.2) is 0 Å². The quantitative estimate of drug-likeness (QED) is 0.729. The highest BCUT2D eigenvalue weighted by Gasteiger charge is 2.22. The topological polar surface area (TPSA) is 41.1 Å². The van der Waals surface area contributed by atoms with Gasteiger partial charge in [0.2, 0.25) is 5.91 Å². The maximum absolute atomic E-state index is 11.5. The molecule has 1 atom stereocenters. The normalized spacial score (nSPS) is 21.8. The second-order valence-corrected chi connectivity index (χ2v) is 3.67. The van der Waals surface area contributed by atoms with Crippen LogP contribution in [0.15, 0.2) is 24.3 Å². The van der Waals surface area contributed by atoms with Gasteiger partial charge >= 0.3 is 0 Å². The molecule has 1 aromatic carbocycles. The Kier molecular flexibility index (Phi) is 2.70. The molecule has 1 heterocycles. The van der Waals surface area contributed by atoms with Gasteiger partial charge in [-0.1, -0.05) is 23.7 Å². The summed E-state index contributed by atoms with van der Waals surface area (Å²) in [5, 5.41) is 6.65. The molecule has 3 nitrogen and oxygen atoms in total. The van der Waals surface area contributed by atoms with E-state index in [1.165, 1.54) is 0 Å². The third kappa shape index (κ3) is 1.89. The van der Waals surface area contributed by atoms with Crippen LogP contribution in [0.3, 0.4) is 0 Å². The van der Waals surface area contributed by atoms with E-state index in [1.807, 2.05) is 12.1 Å². The Morgan fingerprint density at radius 1 is 1.21 bits per heavy atom. The van der Waals surface area contributed by atoms with Crippen LogP contribution in [-0.2, 0) is 4.79 Å². The van der Waals surface area contributed by atoms with Crippen LogP contribution in [-0.4, -0.2) is 19.0 Å². The number of carbonyl (C=O) groups excluding carboxylic acids is 1. The number of halogens is 1. The van der Waals surface area contributed by atoms with Crippen LogP contribution in [0, 0.1) is 0 Å². The van der Waals surface area contributed by atoms with Crippen LogP contribution < -0.4 is 10.6 Å². The molecule has 1 aromatic rings. The van der Waals surface area contributed by atoms with Gasteiger partial charge in [0.1, 0.15) is 6.04 Å². The lowest BCUT2D eigenvalue weighted by Crippen LogP contribution is -2.47. The highest BCUT2D eigenvalue weighted by molar-refractivity contribution is 6.30. The van der Waals surface area contributed by atoms with Crippen LogP contribution >= 0.6 is 11.6 Å². The lowest BCUT2D eigenvalue weighted by Gasteiger charge is -2.23. The highest BCUT2D eigenvalue weighted by atomic mass is 35.5. The van der Waals surface area contributed by atoms with Gasteiger partial charge in [0, 0.05) is 18.1 Å². The lowest BCUT2D eigenvalue weighted by molar-refractivity contribution is -0.124. The number of hydrogen-bond donors (Lipinski definition) is 2. The summed E-state index contributed by atoms with van der Waals surface area (Å²) in [5.74, 6) is 0.0265. The van der Waals surface area contributed by atoms with Crippen molar-refractivity contribution in [2.75, 3.05) is 13.1 Å². The molecular weight excluding hydrogens is 200 g/mol. The van der Waals surface area contributed by atoms with E-state index in [-0.39, 0.29) is 11.9 Å². The monoisotopic (exact) mass is 210 g/mol. The van der Waals surface area contributed by atoms with E-state index in [0.717, 1.165) is 12.1 Å². The van der Waals surface area contributed by atoms with Crippen molar-refractivity contribution in [1.29, 1.82) is 0 Å². The molecule has 2 rings (SSSR count). The van der Waals surface area contributed by atoms with E-state index in [2.05, 4.69) is 10.6 Å². The first-order valence-electron chi connectivity index (χ1n) is 4.54. The van der Waals surface area contributed by atoms with Crippen molar-refractivity contribution >= 4 is 17.5 Å². The molecule has 0 aromatic heterocycles. The fourth-order valence-electron chi connectivity index (χ4n) is 1.52. The van der Waals surface area contributed by atoms with Gasteiger partial charge in [-0.05, 0) is 17.7 Å². The predicted octanol–water partition coefficient (Wildman–Crippen LogP) is 1.10. The Hall–Kier alpha value is -1.06. The Balaban J connectivity index is 2.20. The largest absolute Gasteiger partial charge is 0.353 e. The molecule has 1 fully saturated rings. The van der Waals surface area contributed by atoms with E-state index in [1.54, 1.807) is 12.1 Å². The second kappa shape index (κ2) is 3.98. The van der Waals surface area contributed by atoms with Crippen LogP contribution in [0.2, 0.25) is 5.02 Å². The molecule has 4 heteroatoms. The van der Waals surface area contributed by atoms with E-state index in [4.69, 9.17) is 11.6 Å². The number of hydrogen-bond acceptors (Lipinski definition) is 2. The summed E-state index contributed by atoms with van der Waals surface area (Å²) in [5.41, 5.74) is 0.951. The number of benzene rings is 1. The molecule has 74 valence electrons.